The molecule has 0 fully saturated rings. The maximum absolute atomic E-state index is 12.7. The molecule has 114 valence electrons. The van der Waals surface area contributed by atoms with Crippen LogP contribution in [0.3, 0.4) is 0 Å². The standard InChI is InChI=1S/C17H17BrN2O2/c1-12(2)20(17(22)14-10-6-7-11-15(14)18)19-16(21)13-8-4-3-5-9-13/h3-12H,1-2H3,(H,19,21). The summed E-state index contributed by atoms with van der Waals surface area (Å²) in [6.45, 7) is 3.69. The Labute approximate surface area is 138 Å². The van der Waals surface area contributed by atoms with E-state index in [1.807, 2.05) is 26.0 Å². The fraction of sp³-hybridized carbons (Fsp3) is 0.176. The topological polar surface area (TPSA) is 49.4 Å². The van der Waals surface area contributed by atoms with E-state index in [-0.39, 0.29) is 17.9 Å². The Bertz CT molecular complexity index is 671. The molecule has 0 radical (unpaired) electrons. The van der Waals surface area contributed by atoms with Gasteiger partial charge in [-0.05, 0) is 54.0 Å². The Morgan fingerprint density at radius 3 is 2.18 bits per heavy atom. The lowest BCUT2D eigenvalue weighted by Crippen LogP contribution is -2.50. The number of nitrogens with one attached hydrogen (secondary N) is 1. The van der Waals surface area contributed by atoms with Crippen molar-refractivity contribution in [3.8, 4) is 0 Å². The highest BCUT2D eigenvalue weighted by molar-refractivity contribution is 9.10. The highest BCUT2D eigenvalue weighted by Gasteiger charge is 2.23. The van der Waals surface area contributed by atoms with Crippen molar-refractivity contribution >= 4 is 27.7 Å². The number of amides is 2. The summed E-state index contributed by atoms with van der Waals surface area (Å²) >= 11 is 3.37. The first-order chi connectivity index (χ1) is 10.5. The minimum Gasteiger partial charge on any atom is -0.267 e. The second-order valence-electron chi connectivity index (χ2n) is 5.06. The van der Waals surface area contributed by atoms with Crippen LogP contribution in [-0.2, 0) is 0 Å². The molecule has 0 atom stereocenters. The predicted octanol–water partition coefficient (Wildman–Crippen LogP) is 3.64. The number of carbonyl (C=O) groups excluding carboxylic acids is 2. The van der Waals surface area contributed by atoms with Crippen LogP contribution in [0.5, 0.6) is 0 Å². The summed E-state index contributed by atoms with van der Waals surface area (Å²) in [7, 11) is 0. The largest absolute Gasteiger partial charge is 0.273 e. The Hall–Kier alpha value is -2.14. The van der Waals surface area contributed by atoms with Crippen molar-refractivity contribution in [1.29, 1.82) is 0 Å². The third-order valence-electron chi connectivity index (χ3n) is 3.10. The lowest BCUT2D eigenvalue weighted by atomic mass is 10.2. The fourth-order valence-electron chi connectivity index (χ4n) is 1.94. The van der Waals surface area contributed by atoms with Crippen LogP contribution in [0.2, 0.25) is 0 Å². The second kappa shape index (κ2) is 7.22. The maximum Gasteiger partial charge on any atom is 0.273 e. The minimum atomic E-state index is -0.310. The summed E-state index contributed by atoms with van der Waals surface area (Å²) in [6.07, 6.45) is 0. The molecule has 2 amide bonds. The van der Waals surface area contributed by atoms with Gasteiger partial charge in [0.1, 0.15) is 0 Å². The van der Waals surface area contributed by atoms with E-state index in [0.29, 0.717) is 15.6 Å². The number of hydrogen-bond donors (Lipinski definition) is 1. The molecule has 2 aromatic rings. The van der Waals surface area contributed by atoms with Crippen LogP contribution >= 0.6 is 15.9 Å². The first-order valence-corrected chi connectivity index (χ1v) is 7.74. The molecule has 2 aromatic carbocycles. The van der Waals surface area contributed by atoms with Crippen LogP contribution in [0.4, 0.5) is 0 Å². The molecule has 2 rings (SSSR count). The zero-order chi connectivity index (χ0) is 16.1. The van der Waals surface area contributed by atoms with Crippen LogP contribution < -0.4 is 5.43 Å². The summed E-state index contributed by atoms with van der Waals surface area (Å²) in [6, 6.07) is 15.8. The van der Waals surface area contributed by atoms with Gasteiger partial charge >= 0.3 is 0 Å². The van der Waals surface area contributed by atoms with Gasteiger partial charge in [0.15, 0.2) is 0 Å². The third-order valence-corrected chi connectivity index (χ3v) is 3.79. The van der Waals surface area contributed by atoms with Gasteiger partial charge in [0, 0.05) is 16.1 Å². The molecular formula is C17H17BrN2O2. The molecule has 0 spiro atoms. The summed E-state index contributed by atoms with van der Waals surface area (Å²) in [5.41, 5.74) is 3.69. The average molecular weight is 361 g/mol. The molecule has 0 heterocycles. The van der Waals surface area contributed by atoms with Gasteiger partial charge in [-0.1, -0.05) is 30.3 Å². The molecule has 0 aliphatic rings. The van der Waals surface area contributed by atoms with Crippen molar-refractivity contribution in [2.45, 2.75) is 19.9 Å². The van der Waals surface area contributed by atoms with Crippen LogP contribution in [0.1, 0.15) is 34.6 Å². The molecular weight excluding hydrogens is 344 g/mol. The SMILES string of the molecule is CC(C)N(NC(=O)c1ccccc1)C(=O)c1ccccc1Br. The molecule has 0 aromatic heterocycles. The van der Waals surface area contributed by atoms with Crippen LogP contribution in [0, 0.1) is 0 Å². The Kier molecular flexibility index (Phi) is 5.33. The highest BCUT2D eigenvalue weighted by atomic mass is 79.9. The molecule has 4 nitrogen and oxygen atoms in total. The van der Waals surface area contributed by atoms with Gasteiger partial charge in [-0.3, -0.25) is 15.0 Å². The lowest BCUT2D eigenvalue weighted by molar-refractivity contribution is 0.0515. The zero-order valence-electron chi connectivity index (χ0n) is 12.4. The summed E-state index contributed by atoms with van der Waals surface area (Å²) in [4.78, 5) is 24.9. The summed E-state index contributed by atoms with van der Waals surface area (Å²) < 4.78 is 0.694. The van der Waals surface area contributed by atoms with Crippen LogP contribution in [0.25, 0.3) is 0 Å². The third kappa shape index (κ3) is 3.74. The van der Waals surface area contributed by atoms with Gasteiger partial charge in [0.05, 0.1) is 5.56 Å². The number of benzene rings is 2. The van der Waals surface area contributed by atoms with Crippen molar-refractivity contribution in [2.24, 2.45) is 0 Å². The van der Waals surface area contributed by atoms with Gasteiger partial charge in [0.25, 0.3) is 11.8 Å². The zero-order valence-corrected chi connectivity index (χ0v) is 14.0. The molecule has 0 saturated heterocycles. The molecule has 0 unspecified atom stereocenters. The molecule has 0 aliphatic heterocycles. The Morgan fingerprint density at radius 2 is 1.59 bits per heavy atom. The van der Waals surface area contributed by atoms with Gasteiger partial charge in [0.2, 0.25) is 0 Å². The van der Waals surface area contributed by atoms with E-state index >= 15 is 0 Å². The molecule has 0 bridgehead atoms. The van der Waals surface area contributed by atoms with Gasteiger partial charge in [-0.15, -0.1) is 0 Å². The Balaban J connectivity index is 2.22. The van der Waals surface area contributed by atoms with E-state index in [9.17, 15) is 9.59 Å². The molecule has 0 saturated carbocycles. The number of hydrazine groups is 1. The van der Waals surface area contributed by atoms with Crippen molar-refractivity contribution in [3.05, 3.63) is 70.2 Å². The van der Waals surface area contributed by atoms with Crippen molar-refractivity contribution in [2.75, 3.05) is 0 Å². The van der Waals surface area contributed by atoms with Gasteiger partial charge < -0.3 is 0 Å². The van der Waals surface area contributed by atoms with Crippen LogP contribution in [0.15, 0.2) is 59.1 Å². The van der Waals surface area contributed by atoms with Crippen molar-refractivity contribution < 1.29 is 9.59 Å². The number of carbonyl (C=O) groups is 2. The van der Waals surface area contributed by atoms with Gasteiger partial charge in [-0.25, -0.2) is 5.01 Å². The monoisotopic (exact) mass is 360 g/mol. The number of hydrogen-bond acceptors (Lipinski definition) is 2. The number of halogens is 1. The first kappa shape index (κ1) is 16.2. The van der Waals surface area contributed by atoms with E-state index in [4.69, 9.17) is 0 Å². The fourth-order valence-corrected chi connectivity index (χ4v) is 2.40. The minimum absolute atomic E-state index is 0.174. The van der Waals surface area contributed by atoms with Gasteiger partial charge in [-0.2, -0.15) is 0 Å². The quantitative estimate of drug-likeness (QED) is 0.849. The number of nitrogens with zero attached hydrogens (tertiary/aromatic N) is 1. The average Bonchev–Trinajstić information content (AvgIpc) is 2.52. The van der Waals surface area contributed by atoms with E-state index in [1.54, 1.807) is 42.5 Å². The van der Waals surface area contributed by atoms with Crippen LogP contribution in [-0.4, -0.2) is 22.9 Å². The lowest BCUT2D eigenvalue weighted by Gasteiger charge is -2.27. The molecule has 22 heavy (non-hydrogen) atoms. The summed E-state index contributed by atoms with van der Waals surface area (Å²) in [5, 5.41) is 1.34. The molecule has 5 heteroatoms. The van der Waals surface area contributed by atoms with E-state index in [0.717, 1.165) is 0 Å². The highest BCUT2D eigenvalue weighted by Crippen LogP contribution is 2.18. The molecule has 1 N–H and O–H groups in total. The Morgan fingerprint density at radius 1 is 1.00 bits per heavy atom. The van der Waals surface area contributed by atoms with E-state index in [1.165, 1.54) is 5.01 Å². The second-order valence-corrected chi connectivity index (χ2v) is 5.91. The maximum atomic E-state index is 12.7. The predicted molar refractivity (Wildman–Crippen MR) is 89.4 cm³/mol. The van der Waals surface area contributed by atoms with Crippen molar-refractivity contribution in [1.82, 2.24) is 10.4 Å². The van der Waals surface area contributed by atoms with E-state index < -0.39 is 0 Å². The van der Waals surface area contributed by atoms with E-state index in [2.05, 4.69) is 21.4 Å². The smallest absolute Gasteiger partial charge is 0.267 e. The van der Waals surface area contributed by atoms with Crippen molar-refractivity contribution in [3.63, 3.8) is 0 Å². The molecule has 0 aliphatic carbocycles. The summed E-state index contributed by atoms with van der Waals surface area (Å²) in [5.74, 6) is -0.568. The first-order valence-electron chi connectivity index (χ1n) is 6.95. The normalized spacial score (nSPS) is 10.4. The number of rotatable bonds is 3.